The number of para-hydroxylation sites is 1. The first kappa shape index (κ1) is 22.1. The molecule has 29 heavy (non-hydrogen) atoms. The van der Waals surface area contributed by atoms with Crippen LogP contribution in [0.4, 0.5) is 5.69 Å². The molecule has 2 aromatic rings. The van der Waals surface area contributed by atoms with Crippen molar-refractivity contribution in [2.24, 2.45) is 4.99 Å². The lowest BCUT2D eigenvalue weighted by Crippen LogP contribution is -2.08. The zero-order valence-electron chi connectivity index (χ0n) is 16.9. The zero-order valence-corrected chi connectivity index (χ0v) is 16.9. The number of ether oxygens (including phenoxy) is 2. The van der Waals surface area contributed by atoms with Crippen LogP contribution >= 0.6 is 0 Å². The molecule has 0 fully saturated rings. The summed E-state index contributed by atoms with van der Waals surface area (Å²) in [6.07, 6.45) is 7.24. The maximum Gasteiger partial charge on any atom is 0.337 e. The molecule has 0 amide bonds. The number of carbonyl (C=O) groups excluding carboxylic acids is 1. The van der Waals surface area contributed by atoms with Crippen LogP contribution in [0.5, 0.6) is 11.5 Å². The molecule has 0 aromatic heterocycles. The molecule has 0 aliphatic carbocycles. The SMILES string of the molecule is CCCCCCCC(=O)Oc1ccc(C=Nc2ccccc2C(=O)O)cc1OC. The number of nitrogens with zero attached hydrogens (tertiary/aromatic N) is 1. The van der Waals surface area contributed by atoms with Crippen LogP contribution in [0.2, 0.25) is 0 Å². The number of benzene rings is 2. The van der Waals surface area contributed by atoms with E-state index in [0.29, 0.717) is 29.2 Å². The highest BCUT2D eigenvalue weighted by Gasteiger charge is 2.11. The van der Waals surface area contributed by atoms with Gasteiger partial charge in [-0.25, -0.2) is 4.79 Å². The molecule has 6 nitrogen and oxygen atoms in total. The van der Waals surface area contributed by atoms with E-state index in [1.54, 1.807) is 42.6 Å². The molecule has 0 radical (unpaired) electrons. The molecule has 2 rings (SSSR count). The molecule has 0 aliphatic heterocycles. The third-order valence-electron chi connectivity index (χ3n) is 4.38. The fourth-order valence-electron chi connectivity index (χ4n) is 2.81. The highest BCUT2D eigenvalue weighted by atomic mass is 16.6. The van der Waals surface area contributed by atoms with Gasteiger partial charge < -0.3 is 14.6 Å². The minimum atomic E-state index is -1.03. The van der Waals surface area contributed by atoms with Gasteiger partial charge in [0.2, 0.25) is 0 Å². The lowest BCUT2D eigenvalue weighted by atomic mass is 10.1. The van der Waals surface area contributed by atoms with E-state index in [9.17, 15) is 14.7 Å². The third-order valence-corrected chi connectivity index (χ3v) is 4.38. The average molecular weight is 397 g/mol. The Morgan fingerprint density at radius 2 is 1.79 bits per heavy atom. The smallest absolute Gasteiger partial charge is 0.337 e. The fraction of sp³-hybridized carbons (Fsp3) is 0.348. The first-order chi connectivity index (χ1) is 14.0. The highest BCUT2D eigenvalue weighted by molar-refractivity contribution is 5.95. The Morgan fingerprint density at radius 3 is 2.52 bits per heavy atom. The van der Waals surface area contributed by atoms with Crippen molar-refractivity contribution in [3.8, 4) is 11.5 Å². The Kier molecular flexibility index (Phi) is 8.89. The number of rotatable bonds is 11. The lowest BCUT2D eigenvalue weighted by molar-refractivity contribution is -0.134. The van der Waals surface area contributed by atoms with Crippen LogP contribution in [-0.4, -0.2) is 30.4 Å². The molecule has 1 N–H and O–H groups in total. The summed E-state index contributed by atoms with van der Waals surface area (Å²) in [5.41, 5.74) is 1.18. The Morgan fingerprint density at radius 1 is 1.03 bits per heavy atom. The van der Waals surface area contributed by atoms with Gasteiger partial charge in [-0.1, -0.05) is 44.7 Å². The van der Waals surface area contributed by atoms with Crippen LogP contribution in [-0.2, 0) is 4.79 Å². The Labute approximate surface area is 171 Å². The van der Waals surface area contributed by atoms with Crippen LogP contribution < -0.4 is 9.47 Å². The van der Waals surface area contributed by atoms with Crippen molar-refractivity contribution in [3.63, 3.8) is 0 Å². The molecule has 0 saturated carbocycles. The number of hydrogen-bond acceptors (Lipinski definition) is 5. The van der Waals surface area contributed by atoms with Gasteiger partial charge in [0.15, 0.2) is 11.5 Å². The molecule has 0 heterocycles. The summed E-state index contributed by atoms with van der Waals surface area (Å²) in [6.45, 7) is 2.15. The first-order valence-corrected chi connectivity index (χ1v) is 9.80. The molecule has 0 spiro atoms. The van der Waals surface area contributed by atoms with E-state index in [4.69, 9.17) is 9.47 Å². The predicted molar refractivity (Wildman–Crippen MR) is 113 cm³/mol. The van der Waals surface area contributed by atoms with Crippen molar-refractivity contribution in [1.29, 1.82) is 0 Å². The van der Waals surface area contributed by atoms with E-state index >= 15 is 0 Å². The molecule has 0 bridgehead atoms. The second kappa shape index (κ2) is 11.6. The number of carbonyl (C=O) groups is 2. The van der Waals surface area contributed by atoms with Crippen LogP contribution in [0.25, 0.3) is 0 Å². The van der Waals surface area contributed by atoms with Crippen LogP contribution in [0.3, 0.4) is 0 Å². The number of aliphatic imine (C=N–C) groups is 1. The summed E-state index contributed by atoms with van der Waals surface area (Å²) >= 11 is 0. The maximum absolute atomic E-state index is 12.1. The number of aromatic carboxylic acids is 1. The molecule has 0 unspecified atom stereocenters. The van der Waals surface area contributed by atoms with Gasteiger partial charge >= 0.3 is 11.9 Å². The Bertz CT molecular complexity index is 860. The number of methoxy groups -OCH3 is 1. The first-order valence-electron chi connectivity index (χ1n) is 9.80. The van der Waals surface area contributed by atoms with E-state index in [-0.39, 0.29) is 11.5 Å². The van der Waals surface area contributed by atoms with E-state index in [0.717, 1.165) is 19.3 Å². The average Bonchev–Trinajstić information content (AvgIpc) is 2.73. The molecule has 0 aliphatic rings. The van der Waals surface area contributed by atoms with Crippen molar-refractivity contribution in [1.82, 2.24) is 0 Å². The van der Waals surface area contributed by atoms with Gasteiger partial charge in [0.25, 0.3) is 0 Å². The van der Waals surface area contributed by atoms with Gasteiger partial charge in [0.05, 0.1) is 18.4 Å². The molecule has 0 atom stereocenters. The molecule has 0 saturated heterocycles. The number of hydrogen-bond donors (Lipinski definition) is 1. The monoisotopic (exact) mass is 397 g/mol. The molecule has 2 aromatic carbocycles. The second-order valence-corrected chi connectivity index (χ2v) is 6.63. The minimum Gasteiger partial charge on any atom is -0.493 e. The number of esters is 1. The maximum atomic E-state index is 12.1. The predicted octanol–water partition coefficient (Wildman–Crippen LogP) is 5.41. The van der Waals surface area contributed by atoms with E-state index < -0.39 is 5.97 Å². The van der Waals surface area contributed by atoms with Crippen molar-refractivity contribution < 1.29 is 24.2 Å². The van der Waals surface area contributed by atoms with E-state index in [1.165, 1.54) is 26.0 Å². The summed E-state index contributed by atoms with van der Waals surface area (Å²) in [4.78, 5) is 27.6. The van der Waals surface area contributed by atoms with Crippen molar-refractivity contribution in [2.75, 3.05) is 7.11 Å². The van der Waals surface area contributed by atoms with Crippen LogP contribution in [0.1, 0.15) is 61.4 Å². The number of unbranched alkanes of at least 4 members (excludes halogenated alkanes) is 4. The summed E-state index contributed by atoms with van der Waals surface area (Å²) < 4.78 is 10.8. The van der Waals surface area contributed by atoms with Gasteiger partial charge in [0.1, 0.15) is 0 Å². The van der Waals surface area contributed by atoms with E-state index in [1.807, 2.05) is 0 Å². The van der Waals surface area contributed by atoms with Gasteiger partial charge in [-0.2, -0.15) is 0 Å². The largest absolute Gasteiger partial charge is 0.493 e. The van der Waals surface area contributed by atoms with Crippen LogP contribution in [0.15, 0.2) is 47.5 Å². The van der Waals surface area contributed by atoms with Gasteiger partial charge in [-0.15, -0.1) is 0 Å². The summed E-state index contributed by atoms with van der Waals surface area (Å²) in [6, 6.07) is 11.6. The van der Waals surface area contributed by atoms with Crippen molar-refractivity contribution in [2.45, 2.75) is 45.4 Å². The minimum absolute atomic E-state index is 0.125. The van der Waals surface area contributed by atoms with Gasteiger partial charge in [-0.05, 0) is 42.3 Å². The van der Waals surface area contributed by atoms with Crippen molar-refractivity contribution >= 4 is 23.8 Å². The standard InChI is InChI=1S/C23H27NO5/c1-3-4-5-6-7-12-22(25)29-20-14-13-17(15-21(20)28-2)16-24-19-11-9-8-10-18(19)23(26)27/h8-11,13-16H,3-7,12H2,1-2H3,(H,26,27). The Hall–Kier alpha value is -3.15. The number of carboxylic acid groups (broad SMARTS) is 1. The normalized spacial score (nSPS) is 10.8. The fourth-order valence-corrected chi connectivity index (χ4v) is 2.81. The third kappa shape index (κ3) is 7.07. The van der Waals surface area contributed by atoms with Gasteiger partial charge in [0, 0.05) is 12.6 Å². The quantitative estimate of drug-likeness (QED) is 0.237. The van der Waals surface area contributed by atoms with Crippen LogP contribution in [0, 0.1) is 0 Å². The highest BCUT2D eigenvalue weighted by Crippen LogP contribution is 2.28. The molecular formula is C23H27NO5. The van der Waals surface area contributed by atoms with E-state index in [2.05, 4.69) is 11.9 Å². The van der Waals surface area contributed by atoms with Gasteiger partial charge in [-0.3, -0.25) is 9.79 Å². The number of carboxylic acids is 1. The molecule has 6 heteroatoms. The van der Waals surface area contributed by atoms with Crippen molar-refractivity contribution in [3.05, 3.63) is 53.6 Å². The summed E-state index contributed by atoms with van der Waals surface area (Å²) in [5.74, 6) is -0.544. The topological polar surface area (TPSA) is 85.2 Å². The molecule has 154 valence electrons. The zero-order chi connectivity index (χ0) is 21.1. The molecular weight excluding hydrogens is 370 g/mol. The lowest BCUT2D eigenvalue weighted by Gasteiger charge is -2.10. The summed E-state index contributed by atoms with van der Waals surface area (Å²) in [5, 5.41) is 9.23. The Balaban J connectivity index is 2.03. The second-order valence-electron chi connectivity index (χ2n) is 6.63. The summed E-state index contributed by atoms with van der Waals surface area (Å²) in [7, 11) is 1.50.